The number of amides is 1. The number of carbonyl (C=O) groups is 1. The Morgan fingerprint density at radius 3 is 2.62 bits per heavy atom. The minimum atomic E-state index is -0.967. The second-order valence-corrected chi connectivity index (χ2v) is 7.01. The first-order chi connectivity index (χ1) is 12.5. The van der Waals surface area contributed by atoms with E-state index in [0.29, 0.717) is 24.5 Å². The number of β-amino-alcohol motifs (C(OH)–C–C–N with tert-alkyl or cyclic N) is 1. The van der Waals surface area contributed by atoms with Gasteiger partial charge in [-0.25, -0.2) is 9.97 Å². The molecule has 138 valence electrons. The molecule has 1 aliphatic rings. The highest BCUT2D eigenvalue weighted by molar-refractivity contribution is 5.94. The standard InChI is InChI=1S/C20H26N4O2/c1-3-16-6-8-17(9-7-16)18(25)23(2)14-20(26)10-4-13-24(15-20)19-21-11-5-12-22-19/h5-9,11-12,26H,3-4,10,13-15H2,1-2H3. The summed E-state index contributed by atoms with van der Waals surface area (Å²) in [5, 5.41) is 11.1. The van der Waals surface area contributed by atoms with Gasteiger partial charge in [0.25, 0.3) is 5.91 Å². The Labute approximate surface area is 154 Å². The highest BCUT2D eigenvalue weighted by atomic mass is 16.3. The number of aryl methyl sites for hydroxylation is 1. The average Bonchev–Trinajstić information content (AvgIpc) is 2.68. The van der Waals surface area contributed by atoms with Gasteiger partial charge in [0, 0.05) is 31.5 Å². The summed E-state index contributed by atoms with van der Waals surface area (Å²) in [5.41, 5.74) is 0.881. The van der Waals surface area contributed by atoms with Crippen LogP contribution in [0.3, 0.4) is 0 Å². The Balaban J connectivity index is 1.66. The normalized spacial score (nSPS) is 20.0. The fraction of sp³-hybridized carbons (Fsp3) is 0.450. The Morgan fingerprint density at radius 1 is 1.27 bits per heavy atom. The zero-order valence-corrected chi connectivity index (χ0v) is 15.4. The van der Waals surface area contributed by atoms with Gasteiger partial charge in [-0.1, -0.05) is 19.1 Å². The van der Waals surface area contributed by atoms with Gasteiger partial charge in [-0.15, -0.1) is 0 Å². The van der Waals surface area contributed by atoms with Gasteiger partial charge in [0.05, 0.1) is 18.7 Å². The molecule has 1 aromatic heterocycles. The smallest absolute Gasteiger partial charge is 0.253 e. The van der Waals surface area contributed by atoms with Crippen molar-refractivity contribution in [2.75, 3.05) is 31.6 Å². The fourth-order valence-corrected chi connectivity index (χ4v) is 3.48. The zero-order chi connectivity index (χ0) is 18.6. The molecule has 0 spiro atoms. The molecule has 0 bridgehead atoms. The predicted octanol–water partition coefficient (Wildman–Crippen LogP) is 2.14. The maximum atomic E-state index is 12.7. The summed E-state index contributed by atoms with van der Waals surface area (Å²) < 4.78 is 0. The summed E-state index contributed by atoms with van der Waals surface area (Å²) in [5.74, 6) is 0.545. The van der Waals surface area contributed by atoms with Crippen molar-refractivity contribution in [1.82, 2.24) is 14.9 Å². The van der Waals surface area contributed by atoms with E-state index >= 15 is 0 Å². The number of nitrogens with zero attached hydrogens (tertiary/aromatic N) is 4. The largest absolute Gasteiger partial charge is 0.386 e. The molecule has 1 unspecified atom stereocenters. The first-order valence-electron chi connectivity index (χ1n) is 9.09. The van der Waals surface area contributed by atoms with Gasteiger partial charge >= 0.3 is 0 Å². The van der Waals surface area contributed by atoms with E-state index in [1.54, 1.807) is 30.4 Å². The van der Waals surface area contributed by atoms with Crippen molar-refractivity contribution < 1.29 is 9.90 Å². The van der Waals surface area contributed by atoms with E-state index < -0.39 is 5.60 Å². The molecule has 1 atom stereocenters. The maximum absolute atomic E-state index is 12.7. The van der Waals surface area contributed by atoms with E-state index in [1.807, 2.05) is 29.2 Å². The minimum absolute atomic E-state index is 0.0748. The molecule has 26 heavy (non-hydrogen) atoms. The van der Waals surface area contributed by atoms with Crippen LogP contribution in [0.15, 0.2) is 42.7 Å². The van der Waals surface area contributed by atoms with Crippen LogP contribution in [0.4, 0.5) is 5.95 Å². The molecule has 1 aromatic carbocycles. The number of aromatic nitrogens is 2. The van der Waals surface area contributed by atoms with Crippen LogP contribution < -0.4 is 4.90 Å². The molecule has 6 nitrogen and oxygen atoms in total. The topological polar surface area (TPSA) is 69.6 Å². The molecule has 2 aromatic rings. The first-order valence-corrected chi connectivity index (χ1v) is 9.09. The van der Waals surface area contributed by atoms with E-state index in [-0.39, 0.29) is 12.5 Å². The first kappa shape index (κ1) is 18.3. The third-order valence-corrected chi connectivity index (χ3v) is 4.88. The number of hydrogen-bond donors (Lipinski definition) is 1. The Bertz CT molecular complexity index is 735. The highest BCUT2D eigenvalue weighted by Crippen LogP contribution is 2.25. The zero-order valence-electron chi connectivity index (χ0n) is 15.4. The van der Waals surface area contributed by atoms with Gasteiger partial charge in [-0.2, -0.15) is 0 Å². The van der Waals surface area contributed by atoms with Crippen molar-refractivity contribution in [3.63, 3.8) is 0 Å². The molecule has 0 radical (unpaired) electrons. The molecule has 1 fully saturated rings. The van der Waals surface area contributed by atoms with Crippen LogP contribution in [0.25, 0.3) is 0 Å². The highest BCUT2D eigenvalue weighted by Gasteiger charge is 2.36. The number of likely N-dealkylation sites (N-methyl/N-ethyl adjacent to an activating group) is 1. The second-order valence-electron chi connectivity index (χ2n) is 7.01. The summed E-state index contributed by atoms with van der Waals surface area (Å²) >= 11 is 0. The third kappa shape index (κ3) is 4.19. The van der Waals surface area contributed by atoms with E-state index in [9.17, 15) is 9.90 Å². The molecule has 1 N–H and O–H groups in total. The molecule has 0 saturated carbocycles. The summed E-state index contributed by atoms with van der Waals surface area (Å²) in [6.07, 6.45) is 5.84. The van der Waals surface area contributed by atoms with Crippen molar-refractivity contribution >= 4 is 11.9 Å². The van der Waals surface area contributed by atoms with Crippen molar-refractivity contribution in [3.8, 4) is 0 Å². The lowest BCUT2D eigenvalue weighted by molar-refractivity contribution is -0.000296. The Morgan fingerprint density at radius 2 is 1.96 bits per heavy atom. The molecule has 0 aliphatic carbocycles. The van der Waals surface area contributed by atoms with Crippen LogP contribution in [-0.4, -0.2) is 58.2 Å². The number of carbonyl (C=O) groups excluding carboxylic acids is 1. The molecule has 3 rings (SSSR count). The van der Waals surface area contributed by atoms with Gasteiger partial charge in [0.1, 0.15) is 0 Å². The number of aliphatic hydroxyl groups is 1. The second kappa shape index (κ2) is 7.83. The molecule has 2 heterocycles. The number of anilines is 1. The van der Waals surface area contributed by atoms with Crippen LogP contribution in [-0.2, 0) is 6.42 Å². The Hall–Kier alpha value is -2.47. The molecule has 1 saturated heterocycles. The van der Waals surface area contributed by atoms with E-state index in [4.69, 9.17) is 0 Å². The van der Waals surface area contributed by atoms with Crippen molar-refractivity contribution in [2.45, 2.75) is 31.8 Å². The summed E-state index contributed by atoms with van der Waals surface area (Å²) in [6.45, 7) is 3.60. The number of hydrogen-bond acceptors (Lipinski definition) is 5. The number of rotatable bonds is 5. The van der Waals surface area contributed by atoms with E-state index in [0.717, 1.165) is 19.4 Å². The summed E-state index contributed by atoms with van der Waals surface area (Å²) in [6, 6.07) is 9.44. The van der Waals surface area contributed by atoms with Gasteiger partial charge in [0.15, 0.2) is 0 Å². The van der Waals surface area contributed by atoms with Gasteiger partial charge in [-0.3, -0.25) is 4.79 Å². The van der Waals surface area contributed by atoms with Crippen LogP contribution in [0.1, 0.15) is 35.7 Å². The van der Waals surface area contributed by atoms with E-state index in [2.05, 4.69) is 16.9 Å². The third-order valence-electron chi connectivity index (χ3n) is 4.88. The van der Waals surface area contributed by atoms with Crippen LogP contribution in [0, 0.1) is 0 Å². The van der Waals surface area contributed by atoms with Gasteiger partial charge in [0.2, 0.25) is 5.95 Å². The summed E-state index contributed by atoms with van der Waals surface area (Å²) in [4.78, 5) is 24.8. The number of benzene rings is 1. The quantitative estimate of drug-likeness (QED) is 0.891. The number of piperidine rings is 1. The van der Waals surface area contributed by atoms with Gasteiger partial charge < -0.3 is 14.9 Å². The lowest BCUT2D eigenvalue weighted by Crippen LogP contribution is -2.55. The molecular formula is C20H26N4O2. The monoisotopic (exact) mass is 354 g/mol. The molecule has 6 heteroatoms. The molecular weight excluding hydrogens is 328 g/mol. The average molecular weight is 354 g/mol. The SMILES string of the molecule is CCc1ccc(C(=O)N(C)CC2(O)CCCN(c3ncccn3)C2)cc1. The minimum Gasteiger partial charge on any atom is -0.386 e. The van der Waals surface area contributed by atoms with Crippen LogP contribution in [0.5, 0.6) is 0 Å². The van der Waals surface area contributed by atoms with Crippen molar-refractivity contribution in [3.05, 3.63) is 53.9 Å². The lowest BCUT2D eigenvalue weighted by atomic mass is 9.92. The van der Waals surface area contributed by atoms with Gasteiger partial charge in [-0.05, 0) is 43.0 Å². The predicted molar refractivity (Wildman–Crippen MR) is 101 cm³/mol. The Kier molecular flexibility index (Phi) is 5.52. The molecule has 1 amide bonds. The van der Waals surface area contributed by atoms with Crippen molar-refractivity contribution in [2.24, 2.45) is 0 Å². The fourth-order valence-electron chi connectivity index (χ4n) is 3.48. The maximum Gasteiger partial charge on any atom is 0.253 e. The summed E-state index contributed by atoms with van der Waals surface area (Å²) in [7, 11) is 1.74. The molecule has 1 aliphatic heterocycles. The van der Waals surface area contributed by atoms with Crippen molar-refractivity contribution in [1.29, 1.82) is 0 Å². The van der Waals surface area contributed by atoms with Crippen LogP contribution in [0.2, 0.25) is 0 Å². The van der Waals surface area contributed by atoms with E-state index in [1.165, 1.54) is 5.56 Å². The van der Waals surface area contributed by atoms with Crippen LogP contribution >= 0.6 is 0 Å². The lowest BCUT2D eigenvalue weighted by Gasteiger charge is -2.41.